The van der Waals surface area contributed by atoms with Crippen molar-refractivity contribution in [3.05, 3.63) is 53.6 Å². The van der Waals surface area contributed by atoms with E-state index in [0.717, 1.165) is 37.4 Å². The molecule has 0 atom stereocenters. The lowest BCUT2D eigenvalue weighted by molar-refractivity contribution is -0.139. The highest BCUT2D eigenvalue weighted by molar-refractivity contribution is 5.67. The Morgan fingerprint density at radius 1 is 0.773 bits per heavy atom. The van der Waals surface area contributed by atoms with Crippen LogP contribution in [0.4, 0.5) is 26.3 Å². The third kappa shape index (κ3) is 3.35. The molecular weight excluding hydrogens is 310 g/mol. The van der Waals surface area contributed by atoms with Crippen LogP contribution in [-0.2, 0) is 12.4 Å². The Labute approximate surface area is 122 Å². The van der Waals surface area contributed by atoms with E-state index in [1.54, 1.807) is 0 Å². The molecule has 0 fully saturated rings. The summed E-state index contributed by atoms with van der Waals surface area (Å²) in [7, 11) is 1.09. The van der Waals surface area contributed by atoms with Gasteiger partial charge in [-0.1, -0.05) is 18.2 Å². The number of ether oxygens (including phenoxy) is 1. The van der Waals surface area contributed by atoms with Crippen molar-refractivity contribution in [2.45, 2.75) is 12.4 Å². The normalized spacial score (nSPS) is 12.3. The first-order valence-electron chi connectivity index (χ1n) is 6.06. The van der Waals surface area contributed by atoms with Crippen LogP contribution in [0.1, 0.15) is 11.1 Å². The molecule has 0 aliphatic rings. The lowest BCUT2D eigenvalue weighted by Crippen LogP contribution is -2.08. The van der Waals surface area contributed by atoms with Crippen LogP contribution in [0, 0.1) is 0 Å². The van der Waals surface area contributed by atoms with E-state index in [2.05, 4.69) is 4.74 Å². The van der Waals surface area contributed by atoms with Gasteiger partial charge in [0.1, 0.15) is 5.75 Å². The van der Waals surface area contributed by atoms with E-state index in [1.807, 2.05) is 0 Å². The second kappa shape index (κ2) is 5.55. The average Bonchev–Trinajstić information content (AvgIpc) is 2.45. The smallest absolute Gasteiger partial charge is 0.419 e. The highest BCUT2D eigenvalue weighted by Gasteiger charge is 2.35. The third-order valence-corrected chi connectivity index (χ3v) is 3.03. The van der Waals surface area contributed by atoms with Crippen molar-refractivity contribution < 1.29 is 31.1 Å². The van der Waals surface area contributed by atoms with Crippen molar-refractivity contribution in [1.82, 2.24) is 0 Å². The summed E-state index contributed by atoms with van der Waals surface area (Å²) in [5.74, 6) is -0.386. The van der Waals surface area contributed by atoms with Gasteiger partial charge in [-0.2, -0.15) is 26.3 Å². The molecule has 0 heterocycles. The Kier molecular flexibility index (Phi) is 4.08. The molecule has 0 amide bonds. The molecule has 0 spiro atoms. The summed E-state index contributed by atoms with van der Waals surface area (Å²) in [6, 6.07) is 7.27. The standard InChI is InChI=1S/C15H10F6O/c1-22-13-6-5-10(8-12(13)15(19,20)21)9-3-2-4-11(7-9)14(16,17)18/h2-8H,1H3. The molecule has 0 bridgehead atoms. The van der Waals surface area contributed by atoms with E-state index < -0.39 is 23.5 Å². The Morgan fingerprint density at radius 2 is 1.41 bits per heavy atom. The molecule has 0 aliphatic carbocycles. The summed E-state index contributed by atoms with van der Waals surface area (Å²) < 4.78 is 81.5. The molecule has 22 heavy (non-hydrogen) atoms. The first kappa shape index (κ1) is 16.2. The first-order chi connectivity index (χ1) is 10.1. The summed E-state index contributed by atoms with van der Waals surface area (Å²) in [6.45, 7) is 0. The predicted molar refractivity (Wildman–Crippen MR) is 68.4 cm³/mol. The molecule has 7 heteroatoms. The zero-order valence-corrected chi connectivity index (χ0v) is 11.2. The molecule has 2 aromatic rings. The zero-order chi connectivity index (χ0) is 16.5. The molecule has 0 aromatic heterocycles. The molecule has 0 unspecified atom stereocenters. The summed E-state index contributed by atoms with van der Waals surface area (Å²) in [6.07, 6.45) is -9.22. The molecule has 0 aliphatic heterocycles. The van der Waals surface area contributed by atoms with Gasteiger partial charge in [0.25, 0.3) is 0 Å². The van der Waals surface area contributed by atoms with Gasteiger partial charge in [-0.05, 0) is 35.4 Å². The monoisotopic (exact) mass is 320 g/mol. The predicted octanol–water partition coefficient (Wildman–Crippen LogP) is 5.40. The topological polar surface area (TPSA) is 9.23 Å². The molecule has 0 saturated heterocycles. The molecule has 2 rings (SSSR count). The van der Waals surface area contributed by atoms with Crippen molar-refractivity contribution in [2.75, 3.05) is 7.11 Å². The fourth-order valence-electron chi connectivity index (χ4n) is 1.98. The van der Waals surface area contributed by atoms with Crippen LogP contribution in [0.3, 0.4) is 0 Å². The van der Waals surface area contributed by atoms with Crippen molar-refractivity contribution >= 4 is 0 Å². The Morgan fingerprint density at radius 3 is 1.95 bits per heavy atom. The zero-order valence-electron chi connectivity index (χ0n) is 11.2. The van der Waals surface area contributed by atoms with E-state index in [0.29, 0.717) is 0 Å². The molecular formula is C15H10F6O. The molecule has 0 N–H and O–H groups in total. The lowest BCUT2D eigenvalue weighted by Gasteiger charge is -2.14. The summed E-state index contributed by atoms with van der Waals surface area (Å²) in [5, 5.41) is 0. The van der Waals surface area contributed by atoms with Gasteiger partial charge in [-0.3, -0.25) is 0 Å². The molecule has 118 valence electrons. The van der Waals surface area contributed by atoms with Crippen molar-refractivity contribution in [2.24, 2.45) is 0 Å². The minimum Gasteiger partial charge on any atom is -0.496 e. The van der Waals surface area contributed by atoms with Crippen molar-refractivity contribution in [1.29, 1.82) is 0 Å². The SMILES string of the molecule is COc1ccc(-c2cccc(C(F)(F)F)c2)cc1C(F)(F)F. The van der Waals surface area contributed by atoms with Gasteiger partial charge in [0.05, 0.1) is 18.2 Å². The quantitative estimate of drug-likeness (QED) is 0.673. The number of benzene rings is 2. The molecule has 0 saturated carbocycles. The summed E-state index contributed by atoms with van der Waals surface area (Å²) >= 11 is 0. The van der Waals surface area contributed by atoms with Gasteiger partial charge in [0.15, 0.2) is 0 Å². The van der Waals surface area contributed by atoms with E-state index >= 15 is 0 Å². The number of methoxy groups -OCH3 is 1. The number of hydrogen-bond acceptors (Lipinski definition) is 1. The minimum atomic E-state index is -4.66. The van der Waals surface area contributed by atoms with Crippen LogP contribution in [0.5, 0.6) is 5.75 Å². The number of rotatable bonds is 2. The Hall–Kier alpha value is -2.18. The van der Waals surface area contributed by atoms with Gasteiger partial charge in [0, 0.05) is 0 Å². The van der Waals surface area contributed by atoms with E-state index in [4.69, 9.17) is 0 Å². The summed E-state index contributed by atoms with van der Waals surface area (Å²) in [4.78, 5) is 0. The second-order valence-corrected chi connectivity index (χ2v) is 4.49. The number of alkyl halides is 6. The van der Waals surface area contributed by atoms with E-state index in [1.165, 1.54) is 12.1 Å². The fraction of sp³-hybridized carbons (Fsp3) is 0.200. The van der Waals surface area contributed by atoms with Crippen LogP contribution in [-0.4, -0.2) is 7.11 Å². The maximum atomic E-state index is 12.9. The van der Waals surface area contributed by atoms with Crippen molar-refractivity contribution in [3.63, 3.8) is 0 Å². The highest BCUT2D eigenvalue weighted by Crippen LogP contribution is 2.39. The van der Waals surface area contributed by atoms with Crippen LogP contribution in [0.15, 0.2) is 42.5 Å². The van der Waals surface area contributed by atoms with Crippen LogP contribution >= 0.6 is 0 Å². The van der Waals surface area contributed by atoms with Gasteiger partial charge >= 0.3 is 12.4 Å². The van der Waals surface area contributed by atoms with Gasteiger partial charge < -0.3 is 4.74 Å². The first-order valence-corrected chi connectivity index (χ1v) is 6.06. The third-order valence-electron chi connectivity index (χ3n) is 3.03. The maximum Gasteiger partial charge on any atom is 0.419 e. The second-order valence-electron chi connectivity index (χ2n) is 4.49. The Bertz CT molecular complexity index is 672. The Balaban J connectivity index is 2.55. The molecule has 2 aromatic carbocycles. The van der Waals surface area contributed by atoms with Crippen LogP contribution in [0.25, 0.3) is 11.1 Å². The van der Waals surface area contributed by atoms with E-state index in [9.17, 15) is 26.3 Å². The number of halogens is 6. The van der Waals surface area contributed by atoms with Gasteiger partial charge in [0.2, 0.25) is 0 Å². The van der Waals surface area contributed by atoms with Gasteiger partial charge in [-0.15, -0.1) is 0 Å². The van der Waals surface area contributed by atoms with Crippen molar-refractivity contribution in [3.8, 4) is 16.9 Å². The van der Waals surface area contributed by atoms with Crippen LogP contribution < -0.4 is 4.74 Å². The fourth-order valence-corrected chi connectivity index (χ4v) is 1.98. The average molecular weight is 320 g/mol. The summed E-state index contributed by atoms with van der Waals surface area (Å²) in [5.41, 5.74) is -1.89. The lowest BCUT2D eigenvalue weighted by atomic mass is 10.00. The van der Waals surface area contributed by atoms with Crippen LogP contribution in [0.2, 0.25) is 0 Å². The van der Waals surface area contributed by atoms with E-state index in [-0.39, 0.29) is 16.9 Å². The minimum absolute atomic E-state index is 0.0271. The highest BCUT2D eigenvalue weighted by atomic mass is 19.4. The number of hydrogen-bond donors (Lipinski definition) is 0. The maximum absolute atomic E-state index is 12.9. The molecule has 0 radical (unpaired) electrons. The molecule has 1 nitrogen and oxygen atoms in total. The van der Waals surface area contributed by atoms with Gasteiger partial charge in [-0.25, -0.2) is 0 Å². The largest absolute Gasteiger partial charge is 0.496 e.